The maximum atomic E-state index is 6.91. The monoisotopic (exact) mass is 446 g/mol. The Balaban J connectivity index is 1.61. The van der Waals surface area contributed by atoms with Crippen molar-refractivity contribution in [2.45, 2.75) is 44.9 Å². The van der Waals surface area contributed by atoms with Crippen LogP contribution in [0, 0.1) is 23.7 Å². The Morgan fingerprint density at radius 2 is 1.58 bits per heavy atom. The third kappa shape index (κ3) is 2.81. The summed E-state index contributed by atoms with van der Waals surface area (Å²) in [5, 5.41) is 1.66. The van der Waals surface area contributed by atoms with Gasteiger partial charge in [-0.25, -0.2) is 0 Å². The lowest BCUT2D eigenvalue weighted by Crippen LogP contribution is -2.49. The Kier molecular flexibility index (Phi) is 4.57. The second-order valence-corrected chi connectivity index (χ2v) is 11.2. The van der Waals surface area contributed by atoms with Crippen LogP contribution in [0.5, 0.6) is 0 Å². The van der Waals surface area contributed by atoms with E-state index in [0.717, 1.165) is 27.4 Å². The van der Waals surface area contributed by atoms with E-state index in [4.69, 9.17) is 23.2 Å². The van der Waals surface area contributed by atoms with Crippen LogP contribution in [0.25, 0.3) is 22.3 Å². The molecule has 158 valence electrons. The zero-order valence-corrected chi connectivity index (χ0v) is 19.7. The van der Waals surface area contributed by atoms with E-state index in [2.05, 4.69) is 62.4 Å². The van der Waals surface area contributed by atoms with Gasteiger partial charge in [-0.1, -0.05) is 73.4 Å². The predicted octanol–water partition coefficient (Wildman–Crippen LogP) is 9.02. The zero-order chi connectivity index (χ0) is 21.3. The highest BCUT2D eigenvalue weighted by Gasteiger charge is 2.56. The summed E-state index contributed by atoms with van der Waals surface area (Å²) < 4.78 is 0. The van der Waals surface area contributed by atoms with Crippen molar-refractivity contribution in [1.29, 1.82) is 0 Å². The Morgan fingerprint density at radius 3 is 2.42 bits per heavy atom. The predicted molar refractivity (Wildman–Crippen MR) is 132 cm³/mol. The maximum Gasteiger partial charge on any atom is 0.0487 e. The summed E-state index contributed by atoms with van der Waals surface area (Å²) in [5.74, 6) is 3.01. The molecule has 1 spiro atoms. The minimum atomic E-state index is 0.0909. The molecule has 0 amide bonds. The molecule has 3 aromatic rings. The van der Waals surface area contributed by atoms with Crippen LogP contribution < -0.4 is 0 Å². The largest absolute Gasteiger partial charge is 0.0843 e. The fourth-order valence-corrected chi connectivity index (χ4v) is 8.08. The number of fused-ring (bicyclic) bond motifs is 8. The molecule has 3 aliphatic carbocycles. The van der Waals surface area contributed by atoms with Gasteiger partial charge in [0.15, 0.2) is 0 Å². The minimum absolute atomic E-state index is 0.0909. The lowest BCUT2D eigenvalue weighted by Gasteiger charge is -2.54. The summed E-state index contributed by atoms with van der Waals surface area (Å²) in [5.41, 5.74) is 8.05. The number of halogens is 2. The van der Waals surface area contributed by atoms with E-state index in [9.17, 15) is 0 Å². The van der Waals surface area contributed by atoms with Crippen molar-refractivity contribution in [3.8, 4) is 22.3 Å². The quantitative estimate of drug-likeness (QED) is 0.349. The molecular weight excluding hydrogens is 419 g/mol. The van der Waals surface area contributed by atoms with Crippen molar-refractivity contribution in [2.24, 2.45) is 23.7 Å². The highest BCUT2D eigenvalue weighted by molar-refractivity contribution is 6.34. The molecule has 0 nitrogen and oxygen atoms in total. The van der Waals surface area contributed by atoms with Gasteiger partial charge in [0, 0.05) is 21.0 Å². The van der Waals surface area contributed by atoms with Gasteiger partial charge < -0.3 is 0 Å². The molecule has 0 radical (unpaired) electrons. The third-order valence-electron chi connectivity index (χ3n) is 8.50. The molecule has 2 bridgehead atoms. The molecule has 0 aliphatic heterocycles. The van der Waals surface area contributed by atoms with Crippen molar-refractivity contribution in [1.82, 2.24) is 0 Å². The summed E-state index contributed by atoms with van der Waals surface area (Å²) in [4.78, 5) is 0. The van der Waals surface area contributed by atoms with E-state index in [1.54, 1.807) is 0 Å². The number of benzene rings is 3. The van der Waals surface area contributed by atoms with Crippen LogP contribution in [-0.2, 0) is 5.41 Å². The minimum Gasteiger partial charge on any atom is -0.0843 e. The van der Waals surface area contributed by atoms with Crippen molar-refractivity contribution in [3.63, 3.8) is 0 Å². The first kappa shape index (κ1) is 19.9. The average Bonchev–Trinajstić information content (AvgIpc) is 3.04. The van der Waals surface area contributed by atoms with E-state index in [1.165, 1.54) is 53.5 Å². The van der Waals surface area contributed by atoms with Crippen LogP contribution in [0.4, 0.5) is 0 Å². The Labute approximate surface area is 195 Å². The molecule has 0 aromatic heterocycles. The van der Waals surface area contributed by atoms with Crippen molar-refractivity contribution >= 4 is 23.2 Å². The van der Waals surface area contributed by atoms with Gasteiger partial charge in [0.05, 0.1) is 0 Å². The Morgan fingerprint density at radius 1 is 0.774 bits per heavy atom. The molecule has 0 heterocycles. The first-order valence-corrected chi connectivity index (χ1v) is 12.4. The van der Waals surface area contributed by atoms with Crippen LogP contribution in [0.15, 0.2) is 60.7 Å². The van der Waals surface area contributed by atoms with Gasteiger partial charge in [0.1, 0.15) is 0 Å². The van der Waals surface area contributed by atoms with E-state index >= 15 is 0 Å². The standard InChI is InChI=1S/C29H28Cl2/c1-17-11-19-13-18(2)29(22(12-17)14-19)25-10-9-21(20-5-3-6-23(30)15-20)16-24(25)28-26(29)7-4-8-27(28)31/h3-10,15-19,22H,11-14H2,1-2H3. The lowest BCUT2D eigenvalue weighted by atomic mass is 9.49. The van der Waals surface area contributed by atoms with Gasteiger partial charge in [-0.15, -0.1) is 0 Å². The summed E-state index contributed by atoms with van der Waals surface area (Å²) in [6, 6.07) is 21.8. The highest BCUT2D eigenvalue weighted by atomic mass is 35.5. The second kappa shape index (κ2) is 7.12. The topological polar surface area (TPSA) is 0 Å². The normalized spacial score (nSPS) is 30.8. The van der Waals surface area contributed by atoms with Crippen molar-refractivity contribution < 1.29 is 0 Å². The molecule has 2 heteroatoms. The first-order valence-electron chi connectivity index (χ1n) is 11.7. The van der Waals surface area contributed by atoms with Gasteiger partial charge in [-0.3, -0.25) is 0 Å². The van der Waals surface area contributed by atoms with Crippen LogP contribution in [0.1, 0.15) is 50.7 Å². The molecule has 6 rings (SSSR count). The molecule has 5 atom stereocenters. The van der Waals surface area contributed by atoms with Crippen LogP contribution in [-0.4, -0.2) is 0 Å². The van der Waals surface area contributed by atoms with Crippen LogP contribution >= 0.6 is 23.2 Å². The number of hydrogen-bond acceptors (Lipinski definition) is 0. The average molecular weight is 447 g/mol. The lowest BCUT2D eigenvalue weighted by molar-refractivity contribution is 0.0426. The maximum absolute atomic E-state index is 6.91. The molecule has 3 aromatic carbocycles. The third-order valence-corrected chi connectivity index (χ3v) is 9.05. The van der Waals surface area contributed by atoms with Gasteiger partial charge in [-0.2, -0.15) is 0 Å². The zero-order valence-electron chi connectivity index (χ0n) is 18.2. The summed E-state index contributed by atoms with van der Waals surface area (Å²) >= 11 is 13.2. The molecule has 3 aliphatic rings. The van der Waals surface area contributed by atoms with Gasteiger partial charge in [0.2, 0.25) is 0 Å². The Bertz CT molecular complexity index is 1180. The van der Waals surface area contributed by atoms with Crippen LogP contribution in [0.3, 0.4) is 0 Å². The Hall–Kier alpha value is -1.76. The van der Waals surface area contributed by atoms with E-state index in [0.29, 0.717) is 11.8 Å². The molecule has 0 saturated heterocycles. The first-order chi connectivity index (χ1) is 15.0. The van der Waals surface area contributed by atoms with E-state index < -0.39 is 0 Å². The summed E-state index contributed by atoms with van der Waals surface area (Å²) in [6.07, 6.45) is 5.40. The molecular formula is C29H28Cl2. The molecule has 2 saturated carbocycles. The van der Waals surface area contributed by atoms with E-state index in [1.807, 2.05) is 12.1 Å². The second-order valence-electron chi connectivity index (χ2n) is 10.3. The molecule has 5 unspecified atom stereocenters. The number of rotatable bonds is 1. The van der Waals surface area contributed by atoms with Crippen LogP contribution in [0.2, 0.25) is 10.0 Å². The fourth-order valence-electron chi connectivity index (χ4n) is 7.62. The van der Waals surface area contributed by atoms with Gasteiger partial charge in [0.25, 0.3) is 0 Å². The smallest absolute Gasteiger partial charge is 0.0487 e. The fraction of sp³-hybridized carbons (Fsp3) is 0.379. The number of hydrogen-bond donors (Lipinski definition) is 0. The van der Waals surface area contributed by atoms with Gasteiger partial charge >= 0.3 is 0 Å². The van der Waals surface area contributed by atoms with Gasteiger partial charge in [-0.05, 0) is 101 Å². The molecule has 0 N–H and O–H groups in total. The molecule has 2 fully saturated rings. The van der Waals surface area contributed by atoms with E-state index in [-0.39, 0.29) is 5.41 Å². The summed E-state index contributed by atoms with van der Waals surface area (Å²) in [7, 11) is 0. The highest BCUT2D eigenvalue weighted by Crippen LogP contribution is 2.65. The molecule has 31 heavy (non-hydrogen) atoms. The SMILES string of the molecule is CC1CC2CC(C)C3(c4ccc(-c5cccc(Cl)c5)cc4-c4c(Cl)cccc43)C(C1)C2. The summed E-state index contributed by atoms with van der Waals surface area (Å²) in [6.45, 7) is 4.96. The van der Waals surface area contributed by atoms with Crippen molar-refractivity contribution in [3.05, 3.63) is 81.8 Å². The van der Waals surface area contributed by atoms with Crippen molar-refractivity contribution in [2.75, 3.05) is 0 Å².